The van der Waals surface area contributed by atoms with Crippen LogP contribution < -0.4 is 0 Å². The molecule has 0 unspecified atom stereocenters. The first-order chi connectivity index (χ1) is 21.8. The van der Waals surface area contributed by atoms with Gasteiger partial charge in [-0.2, -0.15) is 10.5 Å². The molecule has 0 saturated heterocycles. The molecule has 0 N–H and O–H groups in total. The number of benzene rings is 7. The van der Waals surface area contributed by atoms with Gasteiger partial charge in [-0.05, 0) is 57.9 Å². The van der Waals surface area contributed by atoms with Crippen molar-refractivity contribution in [1.29, 1.82) is 10.5 Å². The van der Waals surface area contributed by atoms with E-state index in [1.807, 2.05) is 18.2 Å². The maximum Gasteiger partial charge on any atom is 0.101 e. The third-order valence-corrected chi connectivity index (χ3v) is 8.96. The number of nitrogens with zero attached hydrogens (tertiary/aromatic N) is 4. The fourth-order valence-corrected chi connectivity index (χ4v) is 7.12. The first-order valence-corrected chi connectivity index (χ1v) is 14.6. The van der Waals surface area contributed by atoms with E-state index in [9.17, 15) is 10.5 Å². The Balaban J connectivity index is 1.45. The van der Waals surface area contributed by atoms with Gasteiger partial charge in [0.1, 0.15) is 12.1 Å². The third-order valence-electron chi connectivity index (χ3n) is 8.96. The molecule has 0 aliphatic rings. The van der Waals surface area contributed by atoms with Gasteiger partial charge in [-0.15, -0.1) is 0 Å². The van der Waals surface area contributed by atoms with E-state index in [1.54, 1.807) is 6.07 Å². The summed E-state index contributed by atoms with van der Waals surface area (Å²) in [7, 11) is 0. The van der Waals surface area contributed by atoms with Crippen molar-refractivity contribution in [2.24, 2.45) is 0 Å². The predicted molar refractivity (Wildman–Crippen MR) is 180 cm³/mol. The number of aromatic nitrogens is 2. The van der Waals surface area contributed by atoms with Crippen molar-refractivity contribution in [1.82, 2.24) is 9.13 Å². The maximum absolute atomic E-state index is 10.5. The van der Waals surface area contributed by atoms with E-state index in [2.05, 4.69) is 130 Å². The minimum absolute atomic E-state index is 0.451. The van der Waals surface area contributed by atoms with E-state index < -0.39 is 0 Å². The molecule has 0 aliphatic heterocycles. The minimum atomic E-state index is 0.451. The lowest BCUT2D eigenvalue weighted by atomic mass is 10.0. The highest BCUT2D eigenvalue weighted by Crippen LogP contribution is 2.41. The third kappa shape index (κ3) is 3.20. The second-order valence-electron chi connectivity index (χ2n) is 11.2. The van der Waals surface area contributed by atoms with Gasteiger partial charge in [0.25, 0.3) is 0 Å². The average Bonchev–Trinajstić information content (AvgIpc) is 3.61. The van der Waals surface area contributed by atoms with Gasteiger partial charge in [0, 0.05) is 21.5 Å². The number of hydrogen-bond donors (Lipinski definition) is 0. The first kappa shape index (κ1) is 24.3. The summed E-state index contributed by atoms with van der Waals surface area (Å²) in [6, 6.07) is 50.7. The standard InChI is InChI=1S/C40H22N4/c41-23-27-21-28(24-42)38(44-34-16-8-6-14-32(34)40-30-12-4-2-10-26(30)18-20-36(40)44)22-37(27)43-33-15-7-5-13-31(33)39-29-11-3-1-9-25(29)17-19-35(39)43/h1-22H. The summed E-state index contributed by atoms with van der Waals surface area (Å²) in [5.41, 5.74) is 6.46. The second kappa shape index (κ2) is 9.07. The number of rotatable bonds is 2. The first-order valence-electron chi connectivity index (χ1n) is 14.6. The topological polar surface area (TPSA) is 57.4 Å². The summed E-state index contributed by atoms with van der Waals surface area (Å²) < 4.78 is 4.37. The largest absolute Gasteiger partial charge is 0.308 e. The van der Waals surface area contributed by atoms with Gasteiger partial charge >= 0.3 is 0 Å². The van der Waals surface area contributed by atoms with E-state index in [0.717, 1.165) is 55.0 Å². The smallest absolute Gasteiger partial charge is 0.101 e. The van der Waals surface area contributed by atoms with Crippen LogP contribution in [0.3, 0.4) is 0 Å². The van der Waals surface area contributed by atoms with Crippen LogP contribution in [0.5, 0.6) is 0 Å². The number of hydrogen-bond acceptors (Lipinski definition) is 2. The van der Waals surface area contributed by atoms with Gasteiger partial charge in [0.05, 0.1) is 44.6 Å². The lowest BCUT2D eigenvalue weighted by molar-refractivity contribution is 1.12. The summed E-state index contributed by atoms with van der Waals surface area (Å²) in [6.07, 6.45) is 0. The second-order valence-corrected chi connectivity index (χ2v) is 11.2. The highest BCUT2D eigenvalue weighted by Gasteiger charge is 2.22. The quantitative estimate of drug-likeness (QED) is 0.212. The SMILES string of the molecule is N#Cc1cc(C#N)c(-n2c3ccccc3c3c4ccccc4ccc32)cc1-n1c2ccccc2c2c3ccccc3ccc21. The predicted octanol–water partition coefficient (Wildman–Crippen LogP) is 9.93. The Morgan fingerprint density at radius 2 is 0.795 bits per heavy atom. The zero-order chi connectivity index (χ0) is 29.4. The van der Waals surface area contributed by atoms with Crippen LogP contribution in [0, 0.1) is 22.7 Å². The lowest BCUT2D eigenvalue weighted by Gasteiger charge is -2.16. The van der Waals surface area contributed by atoms with Crippen LogP contribution in [0.15, 0.2) is 133 Å². The van der Waals surface area contributed by atoms with E-state index in [-0.39, 0.29) is 0 Å². The summed E-state index contributed by atoms with van der Waals surface area (Å²) in [4.78, 5) is 0. The molecule has 4 heteroatoms. The Morgan fingerprint density at radius 1 is 0.386 bits per heavy atom. The summed E-state index contributed by atoms with van der Waals surface area (Å²) in [6.45, 7) is 0. The zero-order valence-corrected chi connectivity index (χ0v) is 23.5. The van der Waals surface area contributed by atoms with Gasteiger partial charge < -0.3 is 9.13 Å². The Kier molecular flexibility index (Phi) is 5.00. The van der Waals surface area contributed by atoms with Crippen molar-refractivity contribution in [3.8, 4) is 23.5 Å². The lowest BCUT2D eigenvalue weighted by Crippen LogP contribution is -2.04. The zero-order valence-electron chi connectivity index (χ0n) is 23.5. The van der Waals surface area contributed by atoms with Crippen LogP contribution in [-0.4, -0.2) is 9.13 Å². The van der Waals surface area contributed by atoms with Crippen LogP contribution >= 0.6 is 0 Å². The van der Waals surface area contributed by atoms with E-state index in [4.69, 9.17) is 0 Å². The summed E-state index contributed by atoms with van der Waals surface area (Å²) in [5.74, 6) is 0. The maximum atomic E-state index is 10.5. The monoisotopic (exact) mass is 558 g/mol. The molecule has 9 aromatic rings. The fraction of sp³-hybridized carbons (Fsp3) is 0. The Hall–Kier alpha value is -6.36. The molecule has 2 heterocycles. The van der Waals surface area contributed by atoms with Gasteiger partial charge in [-0.3, -0.25) is 0 Å². The summed E-state index contributed by atoms with van der Waals surface area (Å²) in [5, 5.41) is 30.1. The van der Waals surface area contributed by atoms with Crippen molar-refractivity contribution in [2.75, 3.05) is 0 Å². The summed E-state index contributed by atoms with van der Waals surface area (Å²) >= 11 is 0. The fourth-order valence-electron chi connectivity index (χ4n) is 7.12. The van der Waals surface area contributed by atoms with Gasteiger partial charge in [0.15, 0.2) is 0 Å². The van der Waals surface area contributed by atoms with Crippen molar-refractivity contribution in [3.05, 3.63) is 145 Å². The van der Waals surface area contributed by atoms with Gasteiger partial charge in [0.2, 0.25) is 0 Å². The van der Waals surface area contributed by atoms with Crippen molar-refractivity contribution in [2.45, 2.75) is 0 Å². The number of para-hydroxylation sites is 2. The Morgan fingerprint density at radius 3 is 1.25 bits per heavy atom. The van der Waals surface area contributed by atoms with E-state index >= 15 is 0 Å². The van der Waals surface area contributed by atoms with Crippen LogP contribution in [0.4, 0.5) is 0 Å². The molecule has 2 aromatic heterocycles. The molecule has 0 bridgehead atoms. The van der Waals surface area contributed by atoms with Crippen molar-refractivity contribution < 1.29 is 0 Å². The molecule has 0 spiro atoms. The molecule has 44 heavy (non-hydrogen) atoms. The molecule has 0 aliphatic carbocycles. The highest BCUT2D eigenvalue weighted by atomic mass is 15.0. The molecule has 7 aromatic carbocycles. The van der Waals surface area contributed by atoms with Crippen LogP contribution in [-0.2, 0) is 0 Å². The molecule has 0 fully saturated rings. The average molecular weight is 559 g/mol. The van der Waals surface area contributed by atoms with E-state index in [1.165, 1.54) is 21.5 Å². The van der Waals surface area contributed by atoms with Crippen LogP contribution in [0.25, 0.3) is 76.5 Å². The molecule has 0 saturated carbocycles. The van der Waals surface area contributed by atoms with Crippen LogP contribution in [0.2, 0.25) is 0 Å². The molecule has 0 radical (unpaired) electrons. The molecule has 0 atom stereocenters. The Labute approximate surface area is 252 Å². The molecule has 4 nitrogen and oxygen atoms in total. The van der Waals surface area contributed by atoms with Gasteiger partial charge in [-0.1, -0.05) is 97.1 Å². The normalized spacial score (nSPS) is 11.6. The van der Waals surface area contributed by atoms with Gasteiger partial charge in [-0.25, -0.2) is 0 Å². The van der Waals surface area contributed by atoms with Crippen molar-refractivity contribution >= 4 is 65.2 Å². The van der Waals surface area contributed by atoms with Crippen molar-refractivity contribution in [3.63, 3.8) is 0 Å². The molecule has 0 amide bonds. The molecule has 202 valence electrons. The molecular weight excluding hydrogens is 536 g/mol. The van der Waals surface area contributed by atoms with E-state index in [0.29, 0.717) is 11.1 Å². The number of fused-ring (bicyclic) bond motifs is 10. The van der Waals surface area contributed by atoms with Crippen LogP contribution in [0.1, 0.15) is 11.1 Å². The minimum Gasteiger partial charge on any atom is -0.308 e. The number of nitriles is 2. The highest BCUT2D eigenvalue weighted by molar-refractivity contribution is 6.22. The Bertz CT molecular complexity index is 2560. The molecule has 9 rings (SSSR count). The molecular formula is C40H22N4.